The number of thioether (sulfide) groups is 1. The quantitative estimate of drug-likeness (QED) is 0.555. The third-order valence-corrected chi connectivity index (χ3v) is 1.57. The van der Waals surface area contributed by atoms with Crippen molar-refractivity contribution in [3.05, 3.63) is 35.5 Å². The molecule has 0 aliphatic heterocycles. The van der Waals surface area contributed by atoms with Crippen molar-refractivity contribution in [2.45, 2.75) is 26.4 Å². The van der Waals surface area contributed by atoms with Gasteiger partial charge in [-0.1, -0.05) is 29.7 Å². The molecule has 0 fully saturated rings. The van der Waals surface area contributed by atoms with E-state index >= 15 is 0 Å². The highest BCUT2D eigenvalue weighted by Gasteiger charge is 2.12. The Morgan fingerprint density at radius 2 is 1.79 bits per heavy atom. The summed E-state index contributed by atoms with van der Waals surface area (Å²) >= 11 is 1.25. The molecule has 76 valence electrons. The molecule has 0 atom stereocenters. The second-order valence-corrected chi connectivity index (χ2v) is 4.98. The predicted octanol–water partition coefficient (Wildman–Crippen LogP) is 2.71. The minimum absolute atomic E-state index is 0.269. The lowest BCUT2D eigenvalue weighted by molar-refractivity contribution is 0.0448. The smallest absolute Gasteiger partial charge is 0.184 e. The molecule has 2 nitrogen and oxygen atoms in total. The summed E-state index contributed by atoms with van der Waals surface area (Å²) in [5, 5.41) is 3.52. The van der Waals surface area contributed by atoms with Crippen molar-refractivity contribution in [1.82, 2.24) is 5.32 Å². The van der Waals surface area contributed by atoms with Crippen molar-refractivity contribution < 1.29 is 4.74 Å². The largest absolute Gasteiger partial charge is 0.474 e. The summed E-state index contributed by atoms with van der Waals surface area (Å²) in [6.45, 7) is 16.8. The van der Waals surface area contributed by atoms with Gasteiger partial charge >= 0.3 is 0 Å². The topological polar surface area (TPSA) is 21.3 Å². The van der Waals surface area contributed by atoms with E-state index in [0.29, 0.717) is 15.7 Å². The summed E-state index contributed by atoms with van der Waals surface area (Å²) in [4.78, 5) is 0.478. The second kappa shape index (κ2) is 5.20. The molecule has 2 radical (unpaired) electrons. The van der Waals surface area contributed by atoms with Crippen molar-refractivity contribution in [1.29, 1.82) is 0 Å². The summed E-state index contributed by atoms with van der Waals surface area (Å²) in [6, 6.07) is 0. The Labute approximate surface area is 91.9 Å². The number of rotatable bonds is 5. The van der Waals surface area contributed by atoms with Crippen LogP contribution in [0.15, 0.2) is 35.5 Å². The van der Waals surface area contributed by atoms with Crippen LogP contribution in [0.5, 0.6) is 0 Å². The van der Waals surface area contributed by atoms with Crippen LogP contribution in [-0.2, 0) is 4.74 Å². The zero-order valence-electron chi connectivity index (χ0n) is 9.02. The molecule has 0 aliphatic carbocycles. The van der Waals surface area contributed by atoms with Crippen LogP contribution in [0.2, 0.25) is 0 Å². The Morgan fingerprint density at radius 1 is 1.29 bits per heavy atom. The Hall–Kier alpha value is -0.765. The number of nitrogens with one attached hydrogen (secondary N) is 1. The number of hydrogen-bond donors (Lipinski definition) is 1. The van der Waals surface area contributed by atoms with E-state index in [0.717, 1.165) is 0 Å². The molecule has 0 aromatic carbocycles. The zero-order chi connectivity index (χ0) is 11.4. The maximum Gasteiger partial charge on any atom is 0.184 e. The molecule has 0 saturated carbocycles. The lowest BCUT2D eigenvalue weighted by Crippen LogP contribution is -2.24. The zero-order valence-corrected chi connectivity index (χ0v) is 9.83. The van der Waals surface area contributed by atoms with Gasteiger partial charge in [-0.3, -0.25) is 0 Å². The number of ether oxygens (including phenoxy) is 1. The average molecular weight is 209 g/mol. The summed E-state index contributed by atoms with van der Waals surface area (Å²) in [5.41, 5.74) is -0.269. The molecule has 0 heterocycles. The minimum Gasteiger partial charge on any atom is -0.474 e. The molecular formula is C10H16BNOS. The molecule has 0 rings (SSSR count). The van der Waals surface area contributed by atoms with Gasteiger partial charge in [-0.25, -0.2) is 0 Å². The van der Waals surface area contributed by atoms with Crippen LogP contribution in [0.4, 0.5) is 0 Å². The van der Waals surface area contributed by atoms with Crippen molar-refractivity contribution in [3.63, 3.8) is 0 Å². The average Bonchev–Trinajstić information content (AvgIpc) is 1.77. The highest BCUT2D eigenvalue weighted by Crippen LogP contribution is 2.19. The van der Waals surface area contributed by atoms with Gasteiger partial charge in [-0.2, -0.15) is 0 Å². The van der Waals surface area contributed by atoms with Gasteiger partial charge in [0.2, 0.25) is 0 Å². The maximum absolute atomic E-state index is 5.44. The van der Waals surface area contributed by atoms with Crippen molar-refractivity contribution in [2.24, 2.45) is 0 Å². The molecule has 14 heavy (non-hydrogen) atoms. The molecule has 0 aliphatic rings. The van der Waals surface area contributed by atoms with Gasteiger partial charge in [0, 0.05) is 0 Å². The van der Waals surface area contributed by atoms with Crippen LogP contribution in [0.1, 0.15) is 20.8 Å². The lowest BCUT2D eigenvalue weighted by Gasteiger charge is -2.23. The van der Waals surface area contributed by atoms with E-state index in [1.54, 1.807) is 0 Å². The summed E-state index contributed by atoms with van der Waals surface area (Å²) in [5.74, 6) is 0.455. The Balaban J connectivity index is 3.96. The van der Waals surface area contributed by atoms with E-state index < -0.39 is 0 Å². The van der Waals surface area contributed by atoms with Gasteiger partial charge in [0.05, 0.1) is 5.03 Å². The van der Waals surface area contributed by atoms with E-state index in [-0.39, 0.29) is 5.60 Å². The van der Waals surface area contributed by atoms with Crippen molar-refractivity contribution in [3.8, 4) is 0 Å². The second-order valence-electron chi connectivity index (χ2n) is 3.75. The SMILES string of the molecule is [B]C(=C)SC(=C)NC(=C)OC(C)(C)C. The van der Waals surface area contributed by atoms with E-state index in [4.69, 9.17) is 12.6 Å². The maximum atomic E-state index is 5.44. The molecule has 0 aromatic rings. The Kier molecular flexibility index (Phi) is 4.91. The van der Waals surface area contributed by atoms with Gasteiger partial charge in [-0.15, -0.1) is 0 Å². The van der Waals surface area contributed by atoms with Crippen molar-refractivity contribution in [2.75, 3.05) is 0 Å². The molecular weight excluding hydrogens is 193 g/mol. The highest BCUT2D eigenvalue weighted by molar-refractivity contribution is 8.07. The highest BCUT2D eigenvalue weighted by atomic mass is 32.2. The third kappa shape index (κ3) is 7.86. The monoisotopic (exact) mass is 209 g/mol. The van der Waals surface area contributed by atoms with Crippen LogP contribution < -0.4 is 5.32 Å². The molecule has 0 amide bonds. The Bertz CT molecular complexity index is 255. The van der Waals surface area contributed by atoms with Crippen LogP contribution in [0.3, 0.4) is 0 Å². The van der Waals surface area contributed by atoms with Crippen LogP contribution >= 0.6 is 11.8 Å². The van der Waals surface area contributed by atoms with Gasteiger partial charge in [-0.05, 0) is 27.4 Å². The molecule has 4 heteroatoms. The third-order valence-electron chi connectivity index (χ3n) is 0.963. The predicted molar refractivity (Wildman–Crippen MR) is 64.7 cm³/mol. The van der Waals surface area contributed by atoms with Crippen LogP contribution in [0.25, 0.3) is 0 Å². The first kappa shape index (κ1) is 13.2. The first-order valence-corrected chi connectivity index (χ1v) is 4.98. The summed E-state index contributed by atoms with van der Waals surface area (Å²) in [6.07, 6.45) is 0. The van der Waals surface area contributed by atoms with Crippen molar-refractivity contribution >= 4 is 19.6 Å². The molecule has 0 aromatic heterocycles. The fraction of sp³-hybridized carbons (Fsp3) is 0.400. The van der Waals surface area contributed by atoms with Gasteiger partial charge in [0.1, 0.15) is 13.4 Å². The van der Waals surface area contributed by atoms with Gasteiger partial charge < -0.3 is 10.1 Å². The van der Waals surface area contributed by atoms with Crippen LogP contribution in [-0.4, -0.2) is 13.4 Å². The van der Waals surface area contributed by atoms with Gasteiger partial charge in [0.25, 0.3) is 0 Å². The normalized spacial score (nSPS) is 10.5. The van der Waals surface area contributed by atoms with Crippen LogP contribution in [0, 0.1) is 0 Å². The lowest BCUT2D eigenvalue weighted by atomic mass is 10.2. The summed E-state index contributed by atoms with van der Waals surface area (Å²) < 4.78 is 5.44. The van der Waals surface area contributed by atoms with E-state index in [1.807, 2.05) is 20.8 Å². The van der Waals surface area contributed by atoms with Gasteiger partial charge in [0.15, 0.2) is 5.88 Å². The number of hydrogen-bond acceptors (Lipinski definition) is 3. The van der Waals surface area contributed by atoms with E-state index in [9.17, 15) is 0 Å². The molecule has 0 spiro atoms. The minimum atomic E-state index is -0.269. The standard InChI is InChI=1S/C10H16BNOS/c1-7(11)14-9(3)12-8(2)13-10(4,5)6/h12H,1-3H2,4-6H3. The molecule has 0 saturated heterocycles. The molecule has 0 unspecified atom stereocenters. The first-order valence-electron chi connectivity index (χ1n) is 4.17. The Morgan fingerprint density at radius 3 is 2.14 bits per heavy atom. The fourth-order valence-electron chi connectivity index (χ4n) is 0.734. The summed E-state index contributed by atoms with van der Waals surface area (Å²) in [7, 11) is 5.39. The van der Waals surface area contributed by atoms with E-state index in [2.05, 4.69) is 25.1 Å². The van der Waals surface area contributed by atoms with E-state index in [1.165, 1.54) is 11.8 Å². The fourth-order valence-corrected chi connectivity index (χ4v) is 1.22. The first-order chi connectivity index (χ1) is 6.20. The molecule has 0 bridgehead atoms. The molecule has 1 N–H and O–H groups in total.